The highest BCUT2D eigenvalue weighted by Gasteiger charge is 2.31. The lowest BCUT2D eigenvalue weighted by Crippen LogP contribution is -2.13. The van der Waals surface area contributed by atoms with E-state index in [9.17, 15) is 0 Å². The molecule has 0 amide bonds. The van der Waals surface area contributed by atoms with Crippen molar-refractivity contribution < 1.29 is 9.47 Å². The van der Waals surface area contributed by atoms with Crippen LogP contribution in [0.1, 0.15) is 47.6 Å². The zero-order valence-corrected chi connectivity index (χ0v) is 14.5. The van der Waals surface area contributed by atoms with Crippen LogP contribution in [0.5, 0.6) is 11.5 Å². The maximum Gasteiger partial charge on any atom is 0.129 e. The predicted octanol–water partition coefficient (Wildman–Crippen LogP) is 4.01. The van der Waals surface area contributed by atoms with Crippen LogP contribution in [0.15, 0.2) is 36.4 Å². The van der Waals surface area contributed by atoms with Crippen molar-refractivity contribution >= 4 is 0 Å². The van der Waals surface area contributed by atoms with E-state index in [1.807, 2.05) is 0 Å². The van der Waals surface area contributed by atoms with Gasteiger partial charge < -0.3 is 14.8 Å². The Morgan fingerprint density at radius 2 is 2.00 bits per heavy atom. The first-order valence-corrected chi connectivity index (χ1v) is 8.95. The Kier molecular flexibility index (Phi) is 4.19. The quantitative estimate of drug-likeness (QED) is 0.922. The summed E-state index contributed by atoms with van der Waals surface area (Å²) in [4.78, 5) is 0. The van der Waals surface area contributed by atoms with E-state index < -0.39 is 0 Å². The van der Waals surface area contributed by atoms with Crippen LogP contribution in [0.2, 0.25) is 0 Å². The molecule has 3 heteroatoms. The lowest BCUT2D eigenvalue weighted by Gasteiger charge is -2.16. The third-order valence-corrected chi connectivity index (χ3v) is 5.43. The molecule has 2 unspecified atom stereocenters. The minimum Gasteiger partial charge on any atom is -0.496 e. The standard InChI is InChI=1S/C21H25NO2/c1-3-14-4-6-15(7-5-14)19-12-16(13-22-19)17-8-9-20(23-2)18-10-11-24-21(17)18/h4-9,16,19,22H,3,10-13H2,1-2H3. The molecule has 1 fully saturated rings. The van der Waals surface area contributed by atoms with Crippen LogP contribution in [-0.2, 0) is 12.8 Å². The molecule has 24 heavy (non-hydrogen) atoms. The number of hydrogen-bond acceptors (Lipinski definition) is 3. The summed E-state index contributed by atoms with van der Waals surface area (Å²) in [5.74, 6) is 2.53. The van der Waals surface area contributed by atoms with Gasteiger partial charge in [-0.05, 0) is 35.6 Å². The Balaban J connectivity index is 1.56. The van der Waals surface area contributed by atoms with Gasteiger partial charge >= 0.3 is 0 Å². The van der Waals surface area contributed by atoms with Crippen LogP contribution >= 0.6 is 0 Å². The van der Waals surface area contributed by atoms with Crippen molar-refractivity contribution in [3.05, 3.63) is 58.7 Å². The normalized spacial score (nSPS) is 22.2. The van der Waals surface area contributed by atoms with Crippen LogP contribution in [-0.4, -0.2) is 20.3 Å². The van der Waals surface area contributed by atoms with E-state index >= 15 is 0 Å². The molecule has 2 aliphatic heterocycles. The molecule has 1 N–H and O–H groups in total. The molecule has 2 aromatic carbocycles. The molecule has 2 aromatic rings. The van der Waals surface area contributed by atoms with E-state index in [0.717, 1.165) is 43.9 Å². The molecule has 2 aliphatic rings. The predicted molar refractivity (Wildman–Crippen MR) is 96.1 cm³/mol. The molecule has 2 atom stereocenters. The molecule has 0 bridgehead atoms. The first kappa shape index (κ1) is 15.5. The monoisotopic (exact) mass is 323 g/mol. The number of methoxy groups -OCH3 is 1. The Morgan fingerprint density at radius 1 is 1.17 bits per heavy atom. The summed E-state index contributed by atoms with van der Waals surface area (Å²) in [5, 5.41) is 3.69. The van der Waals surface area contributed by atoms with Crippen molar-refractivity contribution in [2.24, 2.45) is 0 Å². The van der Waals surface area contributed by atoms with Gasteiger partial charge in [0, 0.05) is 30.5 Å². The topological polar surface area (TPSA) is 30.5 Å². The van der Waals surface area contributed by atoms with Crippen molar-refractivity contribution in [2.45, 2.75) is 38.1 Å². The second-order valence-electron chi connectivity index (χ2n) is 6.75. The highest BCUT2D eigenvalue weighted by Crippen LogP contribution is 2.44. The summed E-state index contributed by atoms with van der Waals surface area (Å²) in [6.07, 6.45) is 3.17. The first-order chi connectivity index (χ1) is 11.8. The van der Waals surface area contributed by atoms with Gasteiger partial charge in [0.1, 0.15) is 11.5 Å². The Hall–Kier alpha value is -2.00. The summed E-state index contributed by atoms with van der Waals surface area (Å²) in [6.45, 7) is 3.97. The van der Waals surface area contributed by atoms with E-state index in [-0.39, 0.29) is 0 Å². The highest BCUT2D eigenvalue weighted by molar-refractivity contribution is 5.54. The molecular weight excluding hydrogens is 298 g/mol. The molecule has 1 saturated heterocycles. The van der Waals surface area contributed by atoms with Gasteiger partial charge in [0.05, 0.1) is 13.7 Å². The molecule has 126 valence electrons. The fraction of sp³-hybridized carbons (Fsp3) is 0.429. The minimum absolute atomic E-state index is 0.431. The Labute approximate surface area is 144 Å². The van der Waals surface area contributed by atoms with Gasteiger partial charge in [-0.2, -0.15) is 0 Å². The van der Waals surface area contributed by atoms with Crippen molar-refractivity contribution in [3.63, 3.8) is 0 Å². The molecule has 4 rings (SSSR count). The van der Waals surface area contributed by atoms with Gasteiger partial charge in [0.25, 0.3) is 0 Å². The summed E-state index contributed by atoms with van der Waals surface area (Å²) in [6, 6.07) is 13.8. The third kappa shape index (κ3) is 2.67. The Bertz CT molecular complexity index is 723. The molecule has 0 saturated carbocycles. The molecule has 0 radical (unpaired) electrons. The van der Waals surface area contributed by atoms with Gasteiger partial charge in [-0.3, -0.25) is 0 Å². The van der Waals surface area contributed by atoms with Gasteiger partial charge in [0.15, 0.2) is 0 Å². The highest BCUT2D eigenvalue weighted by atomic mass is 16.5. The molecule has 0 aliphatic carbocycles. The second-order valence-corrected chi connectivity index (χ2v) is 6.75. The van der Waals surface area contributed by atoms with E-state index in [2.05, 4.69) is 48.6 Å². The smallest absolute Gasteiger partial charge is 0.129 e. The number of rotatable bonds is 4. The van der Waals surface area contributed by atoms with Crippen LogP contribution in [0, 0.1) is 0 Å². The molecule has 0 spiro atoms. The van der Waals surface area contributed by atoms with E-state index in [1.54, 1.807) is 7.11 Å². The number of hydrogen-bond donors (Lipinski definition) is 1. The number of ether oxygens (including phenoxy) is 2. The number of aryl methyl sites for hydroxylation is 1. The summed E-state index contributed by atoms with van der Waals surface area (Å²) in [5.41, 5.74) is 5.37. The lowest BCUT2D eigenvalue weighted by molar-refractivity contribution is 0.351. The van der Waals surface area contributed by atoms with Crippen molar-refractivity contribution in [1.29, 1.82) is 0 Å². The fourth-order valence-corrected chi connectivity index (χ4v) is 4.02. The van der Waals surface area contributed by atoms with Crippen LogP contribution in [0.4, 0.5) is 0 Å². The summed E-state index contributed by atoms with van der Waals surface area (Å²) < 4.78 is 11.4. The first-order valence-electron chi connectivity index (χ1n) is 8.95. The fourth-order valence-electron chi connectivity index (χ4n) is 4.02. The molecular formula is C21H25NO2. The van der Waals surface area contributed by atoms with E-state index in [1.165, 1.54) is 22.3 Å². The SMILES string of the molecule is CCc1ccc(C2CC(c3ccc(OC)c4c3OCC4)CN2)cc1. The van der Waals surface area contributed by atoms with Gasteiger partial charge in [-0.15, -0.1) is 0 Å². The average molecular weight is 323 g/mol. The largest absolute Gasteiger partial charge is 0.496 e. The Morgan fingerprint density at radius 3 is 2.75 bits per heavy atom. The summed E-state index contributed by atoms with van der Waals surface area (Å²) in [7, 11) is 1.74. The molecule has 3 nitrogen and oxygen atoms in total. The lowest BCUT2D eigenvalue weighted by atomic mass is 9.91. The van der Waals surface area contributed by atoms with E-state index in [4.69, 9.17) is 9.47 Å². The van der Waals surface area contributed by atoms with E-state index in [0.29, 0.717) is 12.0 Å². The molecule has 2 heterocycles. The molecule has 0 aromatic heterocycles. The maximum atomic E-state index is 5.95. The second kappa shape index (κ2) is 6.48. The number of nitrogens with one attached hydrogen (secondary N) is 1. The van der Waals surface area contributed by atoms with Gasteiger partial charge in [0.2, 0.25) is 0 Å². The van der Waals surface area contributed by atoms with Crippen LogP contribution in [0.3, 0.4) is 0 Å². The minimum atomic E-state index is 0.431. The van der Waals surface area contributed by atoms with Crippen molar-refractivity contribution in [2.75, 3.05) is 20.3 Å². The van der Waals surface area contributed by atoms with Crippen LogP contribution < -0.4 is 14.8 Å². The summed E-state index contributed by atoms with van der Waals surface area (Å²) >= 11 is 0. The third-order valence-electron chi connectivity index (χ3n) is 5.43. The average Bonchev–Trinajstić information content (AvgIpc) is 3.30. The number of fused-ring (bicyclic) bond motifs is 1. The van der Waals surface area contributed by atoms with Gasteiger partial charge in [-0.1, -0.05) is 37.3 Å². The zero-order chi connectivity index (χ0) is 16.5. The van der Waals surface area contributed by atoms with Crippen molar-refractivity contribution in [1.82, 2.24) is 5.32 Å². The van der Waals surface area contributed by atoms with Crippen molar-refractivity contribution in [3.8, 4) is 11.5 Å². The maximum absolute atomic E-state index is 5.95. The zero-order valence-electron chi connectivity index (χ0n) is 14.5. The van der Waals surface area contributed by atoms with Gasteiger partial charge in [-0.25, -0.2) is 0 Å². The number of benzene rings is 2. The van der Waals surface area contributed by atoms with Crippen LogP contribution in [0.25, 0.3) is 0 Å².